The molecule has 13 nitrogen and oxygen atoms in total. The molecule has 0 aliphatic rings. The maximum Gasteiger partial charge on any atom is 0.407 e. The zero-order valence-electron chi connectivity index (χ0n) is 28.7. The van der Waals surface area contributed by atoms with E-state index < -0.39 is 52.9 Å². The number of esters is 3. The average Bonchev–Trinajstić information content (AvgIpc) is 2.90. The molecule has 0 saturated carbocycles. The number of amides is 1. The van der Waals surface area contributed by atoms with Crippen LogP contribution in [0.25, 0.3) is 0 Å². The zero-order valence-corrected chi connectivity index (χ0v) is 28.7. The van der Waals surface area contributed by atoms with Gasteiger partial charge in [0.1, 0.15) is 35.5 Å². The molecule has 0 spiro atoms. The molecule has 1 rings (SSSR count). The number of carbonyl (C=O) groups excluding carboxylic acids is 4. The fraction of sp³-hybridized carbons (Fsp3) is 0.636. The van der Waals surface area contributed by atoms with Crippen molar-refractivity contribution in [3.05, 3.63) is 35.9 Å². The van der Waals surface area contributed by atoms with Crippen molar-refractivity contribution in [1.29, 1.82) is 5.26 Å². The van der Waals surface area contributed by atoms with E-state index in [0.717, 1.165) is 5.56 Å². The number of benzene rings is 1. The van der Waals surface area contributed by atoms with Crippen molar-refractivity contribution >= 4 is 30.0 Å². The molecule has 0 radical (unpaired) electrons. The van der Waals surface area contributed by atoms with Crippen LogP contribution < -0.4 is 16.0 Å². The summed E-state index contributed by atoms with van der Waals surface area (Å²) in [5, 5.41) is 17.8. The fourth-order valence-corrected chi connectivity index (χ4v) is 3.82. The van der Waals surface area contributed by atoms with Gasteiger partial charge in [-0.15, -0.1) is 4.99 Å². The number of guanidine groups is 1. The molecule has 3 N–H and O–H groups in total. The summed E-state index contributed by atoms with van der Waals surface area (Å²) in [5.41, 5.74) is -1.47. The van der Waals surface area contributed by atoms with Crippen molar-refractivity contribution in [3.8, 4) is 6.19 Å². The Kier molecular flexibility index (Phi) is 16.0. The van der Waals surface area contributed by atoms with Crippen molar-refractivity contribution in [2.45, 2.75) is 130 Å². The summed E-state index contributed by atoms with van der Waals surface area (Å²) in [4.78, 5) is 54.5. The van der Waals surface area contributed by atoms with Crippen LogP contribution in [-0.4, -0.2) is 65.4 Å². The Hall–Kier alpha value is -4.34. The summed E-state index contributed by atoms with van der Waals surface area (Å²) in [5.74, 6) is -1.96. The van der Waals surface area contributed by atoms with Gasteiger partial charge in [0, 0.05) is 13.0 Å². The van der Waals surface area contributed by atoms with E-state index in [4.69, 9.17) is 18.9 Å². The van der Waals surface area contributed by atoms with Gasteiger partial charge in [0.25, 0.3) is 0 Å². The first-order valence-corrected chi connectivity index (χ1v) is 15.4. The molecule has 1 amide bonds. The maximum absolute atomic E-state index is 13.2. The van der Waals surface area contributed by atoms with E-state index in [2.05, 4.69) is 20.9 Å². The van der Waals surface area contributed by atoms with Crippen LogP contribution in [0.1, 0.15) is 100.0 Å². The van der Waals surface area contributed by atoms with Gasteiger partial charge in [-0.05, 0) is 93.6 Å². The molecular formula is C33H51N5O8. The molecule has 1 aromatic carbocycles. The van der Waals surface area contributed by atoms with E-state index in [0.29, 0.717) is 19.4 Å². The van der Waals surface area contributed by atoms with E-state index >= 15 is 0 Å². The molecule has 1 aromatic rings. The topological polar surface area (TPSA) is 177 Å². The minimum Gasteiger partial charge on any atom is -0.460 e. The van der Waals surface area contributed by atoms with Crippen LogP contribution in [0.2, 0.25) is 0 Å². The van der Waals surface area contributed by atoms with Gasteiger partial charge in [0.2, 0.25) is 12.2 Å². The highest BCUT2D eigenvalue weighted by Crippen LogP contribution is 2.15. The number of nitriles is 1. The van der Waals surface area contributed by atoms with Gasteiger partial charge in [-0.1, -0.05) is 30.3 Å². The summed E-state index contributed by atoms with van der Waals surface area (Å²) in [6.45, 7) is 15.9. The van der Waals surface area contributed by atoms with Crippen LogP contribution >= 0.6 is 0 Å². The third-order valence-corrected chi connectivity index (χ3v) is 5.63. The summed E-state index contributed by atoms with van der Waals surface area (Å²) < 4.78 is 21.7. The Morgan fingerprint density at radius 2 is 1.30 bits per heavy atom. The lowest BCUT2D eigenvalue weighted by atomic mass is 10.1. The highest BCUT2D eigenvalue weighted by atomic mass is 16.6. The lowest BCUT2D eigenvalue weighted by molar-refractivity contribution is -0.159. The van der Waals surface area contributed by atoms with Gasteiger partial charge in [0.05, 0.1) is 0 Å². The Balaban J connectivity index is 2.94. The summed E-state index contributed by atoms with van der Waals surface area (Å²) in [6, 6.07) is 7.23. The molecular weight excluding hydrogens is 594 g/mol. The van der Waals surface area contributed by atoms with Gasteiger partial charge in [0.15, 0.2) is 0 Å². The second kappa shape index (κ2) is 18.6. The molecule has 0 heterocycles. The van der Waals surface area contributed by atoms with Gasteiger partial charge >= 0.3 is 24.0 Å². The van der Waals surface area contributed by atoms with Crippen molar-refractivity contribution in [2.75, 3.05) is 6.54 Å². The maximum atomic E-state index is 13.2. The molecule has 0 aliphatic heterocycles. The first-order chi connectivity index (χ1) is 21.3. The Labute approximate surface area is 272 Å². The first kappa shape index (κ1) is 39.7. The molecule has 256 valence electrons. The minimum absolute atomic E-state index is 0.0287. The van der Waals surface area contributed by atoms with Crippen LogP contribution in [0.3, 0.4) is 0 Å². The molecule has 0 bridgehead atoms. The van der Waals surface area contributed by atoms with Crippen molar-refractivity contribution in [3.63, 3.8) is 0 Å². The predicted molar refractivity (Wildman–Crippen MR) is 172 cm³/mol. The number of rotatable bonds is 14. The normalized spacial score (nSPS) is 13.3. The van der Waals surface area contributed by atoms with Crippen LogP contribution in [0.4, 0.5) is 4.79 Å². The fourth-order valence-electron chi connectivity index (χ4n) is 3.82. The third kappa shape index (κ3) is 19.1. The van der Waals surface area contributed by atoms with Gasteiger partial charge < -0.3 is 34.9 Å². The molecule has 0 saturated heterocycles. The molecule has 46 heavy (non-hydrogen) atoms. The number of ether oxygens (including phenoxy) is 4. The second-order valence-electron chi connectivity index (χ2n) is 13.6. The van der Waals surface area contributed by atoms with E-state index in [1.54, 1.807) is 68.5 Å². The van der Waals surface area contributed by atoms with Gasteiger partial charge in [-0.25, -0.2) is 14.4 Å². The smallest absolute Gasteiger partial charge is 0.407 e. The van der Waals surface area contributed by atoms with Crippen molar-refractivity contribution in [2.24, 2.45) is 4.99 Å². The quantitative estimate of drug-likeness (QED) is 0.0641. The number of aliphatic imine (C=N–C) groups is 1. The van der Waals surface area contributed by atoms with E-state index in [9.17, 15) is 24.4 Å². The molecule has 0 aromatic heterocycles. The number of alkyl carbamates (subject to hydrolysis) is 1. The molecule has 2 atom stereocenters. The van der Waals surface area contributed by atoms with Crippen LogP contribution in [0.5, 0.6) is 0 Å². The highest BCUT2D eigenvalue weighted by molar-refractivity contribution is 5.90. The Morgan fingerprint density at radius 1 is 0.783 bits per heavy atom. The Morgan fingerprint density at radius 3 is 1.80 bits per heavy atom. The predicted octanol–water partition coefficient (Wildman–Crippen LogP) is 4.64. The number of nitrogens with zero attached hydrogens (tertiary/aromatic N) is 2. The number of hydrogen-bond donors (Lipinski definition) is 3. The molecule has 0 fully saturated rings. The standard InChI is InChI=1S/C33H51N5O8/c1-31(2,3)44-26(39)19-18-25(28(41)46-33(7,8)9)38-29(36-22-34)37-24(27(40)45-32(4,5)6)17-13-14-20-35-30(42)43-21-23-15-11-10-12-16-23/h10-12,15-16,24-25H,13-14,17-21H2,1-9H3,(H,35,42)(H2,36,37,38)/t24-,25-/m0/s1. The van der Waals surface area contributed by atoms with Crippen molar-refractivity contribution < 1.29 is 38.1 Å². The number of carbonyl (C=O) groups is 4. The average molecular weight is 646 g/mol. The van der Waals surface area contributed by atoms with Crippen LogP contribution in [0.15, 0.2) is 35.3 Å². The zero-order chi connectivity index (χ0) is 35.0. The lowest BCUT2D eigenvalue weighted by Crippen LogP contribution is -2.53. The van der Waals surface area contributed by atoms with Crippen LogP contribution in [-0.2, 0) is 39.9 Å². The number of unbranched alkanes of at least 4 members (excludes halogenated alkanes) is 1. The Bertz CT molecular complexity index is 1210. The molecule has 0 unspecified atom stereocenters. The molecule has 13 heteroatoms. The summed E-state index contributed by atoms with van der Waals surface area (Å²) in [6.07, 6.45) is 2.19. The number of hydrogen-bond acceptors (Lipinski definition) is 10. The highest BCUT2D eigenvalue weighted by Gasteiger charge is 2.30. The monoisotopic (exact) mass is 645 g/mol. The van der Waals surface area contributed by atoms with Crippen molar-refractivity contribution in [1.82, 2.24) is 16.0 Å². The van der Waals surface area contributed by atoms with E-state index in [-0.39, 0.29) is 31.8 Å². The summed E-state index contributed by atoms with van der Waals surface area (Å²) in [7, 11) is 0. The minimum atomic E-state index is -1.10. The van der Waals surface area contributed by atoms with E-state index in [1.807, 2.05) is 30.3 Å². The largest absolute Gasteiger partial charge is 0.460 e. The van der Waals surface area contributed by atoms with Gasteiger partial charge in [-0.2, -0.15) is 5.26 Å². The van der Waals surface area contributed by atoms with Gasteiger partial charge in [-0.3, -0.25) is 4.79 Å². The third-order valence-electron chi connectivity index (χ3n) is 5.63. The number of nitrogens with one attached hydrogen (secondary N) is 3. The second-order valence-corrected chi connectivity index (χ2v) is 13.6. The van der Waals surface area contributed by atoms with E-state index in [1.165, 1.54) is 0 Å². The first-order valence-electron chi connectivity index (χ1n) is 15.4. The summed E-state index contributed by atoms with van der Waals surface area (Å²) >= 11 is 0. The lowest BCUT2D eigenvalue weighted by Gasteiger charge is -2.28. The van der Waals surface area contributed by atoms with Crippen LogP contribution in [0, 0.1) is 11.5 Å². The molecule has 0 aliphatic carbocycles. The SMILES string of the molecule is CC(C)(C)OC(=O)CC[C@H](N/C(=N\C#N)N[C@@H](CCCCNC(=O)OCc1ccccc1)C(=O)OC(C)(C)C)C(=O)OC(C)(C)C.